The normalized spacial score (nSPS) is 19.4. The van der Waals surface area contributed by atoms with E-state index in [-0.39, 0.29) is 0 Å². The molecule has 0 aliphatic carbocycles. The van der Waals surface area contributed by atoms with Gasteiger partial charge >= 0.3 is 0 Å². The van der Waals surface area contributed by atoms with Crippen molar-refractivity contribution in [1.29, 1.82) is 0 Å². The number of likely N-dealkylation sites (tertiary alicyclic amines) is 1. The van der Waals surface area contributed by atoms with Crippen LogP contribution in [-0.2, 0) is 6.54 Å². The van der Waals surface area contributed by atoms with Crippen molar-refractivity contribution in [3.8, 4) is 0 Å². The van der Waals surface area contributed by atoms with Gasteiger partial charge < -0.3 is 5.32 Å². The number of aryl methyl sites for hydroxylation is 1. The molecule has 3 rings (SSSR count). The van der Waals surface area contributed by atoms with Gasteiger partial charge in [-0.2, -0.15) is 0 Å². The third-order valence-electron chi connectivity index (χ3n) is 3.95. The zero-order valence-corrected chi connectivity index (χ0v) is 12.4. The third-order valence-corrected chi connectivity index (χ3v) is 3.95. The number of piperidine rings is 1. The molecule has 0 aromatic carbocycles. The van der Waals surface area contributed by atoms with Crippen LogP contribution in [0.25, 0.3) is 0 Å². The fourth-order valence-electron chi connectivity index (χ4n) is 2.78. The maximum atomic E-state index is 4.25. The highest BCUT2D eigenvalue weighted by molar-refractivity contribution is 5.25. The zero-order valence-electron chi connectivity index (χ0n) is 12.4. The molecule has 2 aromatic heterocycles. The first-order valence-electron chi connectivity index (χ1n) is 7.46. The minimum Gasteiger partial charge on any atom is -0.350 e. The first-order valence-corrected chi connectivity index (χ1v) is 7.46. The summed E-state index contributed by atoms with van der Waals surface area (Å²) < 4.78 is 0. The van der Waals surface area contributed by atoms with Crippen LogP contribution in [0.3, 0.4) is 0 Å². The molecule has 3 heterocycles. The van der Waals surface area contributed by atoms with Gasteiger partial charge in [0.1, 0.15) is 0 Å². The second-order valence-corrected chi connectivity index (χ2v) is 5.59. The molecule has 1 aliphatic rings. The lowest BCUT2D eigenvalue weighted by Crippen LogP contribution is -2.42. The number of hydrogen-bond donors (Lipinski definition) is 1. The molecule has 2 aromatic rings. The van der Waals surface area contributed by atoms with E-state index in [9.17, 15) is 0 Å². The number of nitrogens with zero attached hydrogens (tertiary/aromatic N) is 4. The summed E-state index contributed by atoms with van der Waals surface area (Å²) in [6.07, 6.45) is 9.74. The first kappa shape index (κ1) is 13.9. The van der Waals surface area contributed by atoms with Gasteiger partial charge in [-0.25, -0.2) is 9.97 Å². The van der Waals surface area contributed by atoms with Crippen LogP contribution in [0.15, 0.2) is 36.9 Å². The van der Waals surface area contributed by atoms with E-state index < -0.39 is 0 Å². The summed E-state index contributed by atoms with van der Waals surface area (Å²) in [6, 6.07) is 4.33. The molecule has 0 radical (unpaired) electrons. The van der Waals surface area contributed by atoms with Crippen molar-refractivity contribution in [2.45, 2.75) is 32.4 Å². The van der Waals surface area contributed by atoms with Crippen molar-refractivity contribution in [3.63, 3.8) is 0 Å². The van der Waals surface area contributed by atoms with Crippen molar-refractivity contribution < 1.29 is 0 Å². The van der Waals surface area contributed by atoms with E-state index >= 15 is 0 Å². The average Bonchev–Trinajstić information content (AvgIpc) is 2.51. The Morgan fingerprint density at radius 3 is 2.95 bits per heavy atom. The molecule has 1 N–H and O–H groups in total. The van der Waals surface area contributed by atoms with E-state index in [1.807, 2.05) is 18.5 Å². The summed E-state index contributed by atoms with van der Waals surface area (Å²) in [5, 5.41) is 3.43. The smallest absolute Gasteiger partial charge is 0.222 e. The lowest BCUT2D eigenvalue weighted by atomic mass is 10.0. The molecule has 1 atom stereocenters. The van der Waals surface area contributed by atoms with Crippen molar-refractivity contribution in [2.24, 2.45) is 0 Å². The molecule has 5 nitrogen and oxygen atoms in total. The van der Waals surface area contributed by atoms with Gasteiger partial charge in [-0.15, -0.1) is 0 Å². The lowest BCUT2D eigenvalue weighted by molar-refractivity contribution is 0.207. The molecule has 0 saturated carbocycles. The van der Waals surface area contributed by atoms with Crippen molar-refractivity contribution in [1.82, 2.24) is 19.9 Å². The van der Waals surface area contributed by atoms with Crippen LogP contribution in [-0.4, -0.2) is 39.0 Å². The predicted octanol–water partition coefficient (Wildman–Crippen LogP) is 2.26. The predicted molar refractivity (Wildman–Crippen MR) is 82.9 cm³/mol. The number of aromatic nitrogens is 3. The topological polar surface area (TPSA) is 53.9 Å². The third kappa shape index (κ3) is 3.76. The number of rotatable bonds is 4. The Hall–Kier alpha value is -2.01. The lowest BCUT2D eigenvalue weighted by Gasteiger charge is -2.33. The van der Waals surface area contributed by atoms with E-state index in [1.165, 1.54) is 24.0 Å². The minimum atomic E-state index is 0.415. The molecule has 21 heavy (non-hydrogen) atoms. The van der Waals surface area contributed by atoms with Crippen LogP contribution in [0.5, 0.6) is 0 Å². The molecular weight excluding hydrogens is 262 g/mol. The second kappa shape index (κ2) is 6.63. The standard InChI is InChI=1S/C16H21N5/c1-13-5-8-17-10-14(13)11-21-9-2-4-15(12-21)20-16-18-6-3-7-19-16/h3,5-8,10,15H,2,4,9,11-12H2,1H3,(H,18,19,20). The van der Waals surface area contributed by atoms with E-state index in [0.29, 0.717) is 6.04 Å². The van der Waals surface area contributed by atoms with Gasteiger partial charge in [0.25, 0.3) is 0 Å². The fraction of sp³-hybridized carbons (Fsp3) is 0.438. The number of pyridine rings is 1. The van der Waals surface area contributed by atoms with E-state index in [2.05, 4.69) is 38.2 Å². The molecule has 0 spiro atoms. The first-order chi connectivity index (χ1) is 10.3. The Labute approximate surface area is 125 Å². The monoisotopic (exact) mass is 283 g/mol. The summed E-state index contributed by atoms with van der Waals surface area (Å²) in [5.74, 6) is 0.724. The van der Waals surface area contributed by atoms with Gasteiger partial charge in [0.2, 0.25) is 5.95 Å². The van der Waals surface area contributed by atoms with Gasteiger partial charge in [-0.1, -0.05) is 0 Å². The summed E-state index contributed by atoms with van der Waals surface area (Å²) in [4.78, 5) is 15.2. The van der Waals surface area contributed by atoms with Gasteiger partial charge in [-0.3, -0.25) is 9.88 Å². The number of nitrogens with one attached hydrogen (secondary N) is 1. The molecule has 5 heteroatoms. The Morgan fingerprint density at radius 2 is 2.14 bits per heavy atom. The molecule has 1 fully saturated rings. The SMILES string of the molecule is Cc1ccncc1CN1CCCC(Nc2ncccn2)C1. The zero-order chi connectivity index (χ0) is 14.5. The Balaban J connectivity index is 1.60. The van der Waals surface area contributed by atoms with Crippen LogP contribution in [0.1, 0.15) is 24.0 Å². The number of hydrogen-bond acceptors (Lipinski definition) is 5. The quantitative estimate of drug-likeness (QED) is 0.932. The minimum absolute atomic E-state index is 0.415. The average molecular weight is 283 g/mol. The van der Waals surface area contributed by atoms with Gasteiger partial charge in [0.05, 0.1) is 0 Å². The molecule has 1 saturated heterocycles. The Bertz CT molecular complexity index is 572. The van der Waals surface area contributed by atoms with E-state index in [1.54, 1.807) is 12.4 Å². The van der Waals surface area contributed by atoms with Crippen LogP contribution in [0.2, 0.25) is 0 Å². The maximum absolute atomic E-state index is 4.25. The summed E-state index contributed by atoms with van der Waals surface area (Å²) in [7, 11) is 0. The summed E-state index contributed by atoms with van der Waals surface area (Å²) >= 11 is 0. The Morgan fingerprint density at radius 1 is 1.29 bits per heavy atom. The van der Waals surface area contributed by atoms with Crippen LogP contribution in [0.4, 0.5) is 5.95 Å². The van der Waals surface area contributed by atoms with Crippen molar-refractivity contribution in [3.05, 3.63) is 48.0 Å². The van der Waals surface area contributed by atoms with Crippen LogP contribution >= 0.6 is 0 Å². The number of anilines is 1. The molecule has 0 bridgehead atoms. The summed E-state index contributed by atoms with van der Waals surface area (Å²) in [6.45, 7) is 5.27. The molecule has 1 unspecified atom stereocenters. The highest BCUT2D eigenvalue weighted by Crippen LogP contribution is 2.17. The van der Waals surface area contributed by atoms with Gasteiger partial charge in [0.15, 0.2) is 0 Å². The summed E-state index contributed by atoms with van der Waals surface area (Å²) in [5.41, 5.74) is 2.63. The Kier molecular flexibility index (Phi) is 4.40. The molecule has 0 amide bonds. The largest absolute Gasteiger partial charge is 0.350 e. The molecule has 110 valence electrons. The van der Waals surface area contributed by atoms with Gasteiger partial charge in [0, 0.05) is 43.9 Å². The highest BCUT2D eigenvalue weighted by Gasteiger charge is 2.20. The van der Waals surface area contributed by atoms with E-state index in [0.717, 1.165) is 25.6 Å². The molecular formula is C16H21N5. The van der Waals surface area contributed by atoms with E-state index in [4.69, 9.17) is 0 Å². The highest BCUT2D eigenvalue weighted by atomic mass is 15.2. The molecule has 1 aliphatic heterocycles. The van der Waals surface area contributed by atoms with Crippen molar-refractivity contribution >= 4 is 5.95 Å². The van der Waals surface area contributed by atoms with Crippen molar-refractivity contribution in [2.75, 3.05) is 18.4 Å². The fourth-order valence-corrected chi connectivity index (χ4v) is 2.78. The van der Waals surface area contributed by atoms with Gasteiger partial charge in [-0.05, 0) is 49.6 Å². The second-order valence-electron chi connectivity index (χ2n) is 5.59. The van der Waals surface area contributed by atoms with Crippen LogP contribution in [0, 0.1) is 6.92 Å². The van der Waals surface area contributed by atoms with Crippen LogP contribution < -0.4 is 5.32 Å². The maximum Gasteiger partial charge on any atom is 0.222 e.